The lowest BCUT2D eigenvalue weighted by atomic mass is 10.1. The summed E-state index contributed by atoms with van der Waals surface area (Å²) in [5, 5.41) is 15.3. The number of aromatic hydroxyl groups is 1. The van der Waals surface area contributed by atoms with Crippen LogP contribution in [0.4, 0.5) is 0 Å². The van der Waals surface area contributed by atoms with Crippen LogP contribution in [-0.2, 0) is 19.6 Å². The van der Waals surface area contributed by atoms with Gasteiger partial charge >= 0.3 is 0 Å². The fourth-order valence-corrected chi connectivity index (χ4v) is 3.51. The average Bonchev–Trinajstić information content (AvgIpc) is 3.02. The maximum absolute atomic E-state index is 9.71. The zero-order valence-corrected chi connectivity index (χ0v) is 14.2. The Balaban J connectivity index is 1.81. The Morgan fingerprint density at radius 1 is 1.12 bits per heavy atom. The summed E-state index contributed by atoms with van der Waals surface area (Å²) >= 11 is 6.20. The molecule has 0 saturated heterocycles. The van der Waals surface area contributed by atoms with Crippen LogP contribution in [0.5, 0.6) is 5.75 Å². The summed E-state index contributed by atoms with van der Waals surface area (Å²) in [6.07, 6.45) is 0. The number of halogens is 1. The zero-order chi connectivity index (χ0) is 16.7. The molecule has 0 unspecified atom stereocenters. The summed E-state index contributed by atoms with van der Waals surface area (Å²) in [4.78, 5) is 2.25. The Labute approximate surface area is 145 Å². The van der Waals surface area contributed by atoms with Gasteiger partial charge in [0.05, 0.1) is 17.9 Å². The summed E-state index contributed by atoms with van der Waals surface area (Å²) < 4.78 is 2.03. The van der Waals surface area contributed by atoms with E-state index in [9.17, 15) is 5.11 Å². The highest BCUT2D eigenvalue weighted by Gasteiger charge is 2.26. The number of aromatic nitrogens is 2. The molecule has 2 aromatic carbocycles. The topological polar surface area (TPSA) is 41.3 Å². The van der Waals surface area contributed by atoms with E-state index in [1.165, 1.54) is 5.56 Å². The van der Waals surface area contributed by atoms with Crippen LogP contribution in [0.15, 0.2) is 48.5 Å². The standard InChI is InChI=1S/C19H18ClN3O/c1-22-11-17-18(12-22)21-23(10-13-4-2-7-16(24)8-13)19(17)14-5-3-6-15(20)9-14/h2-9,24H,10-12H2,1H3. The van der Waals surface area contributed by atoms with Crippen molar-refractivity contribution in [2.24, 2.45) is 0 Å². The highest BCUT2D eigenvalue weighted by Crippen LogP contribution is 2.33. The van der Waals surface area contributed by atoms with Crippen LogP contribution in [0.1, 0.15) is 16.8 Å². The molecule has 0 radical (unpaired) electrons. The molecule has 4 nitrogen and oxygen atoms in total. The van der Waals surface area contributed by atoms with Crippen molar-refractivity contribution in [1.29, 1.82) is 0 Å². The molecule has 0 bridgehead atoms. The third kappa shape index (κ3) is 2.79. The molecule has 1 N–H and O–H groups in total. The SMILES string of the molecule is CN1Cc2nn(Cc3cccc(O)c3)c(-c3cccc(Cl)c3)c2C1. The smallest absolute Gasteiger partial charge is 0.115 e. The number of phenolic OH excluding ortho intramolecular Hbond substituents is 1. The van der Waals surface area contributed by atoms with Crippen molar-refractivity contribution in [2.75, 3.05) is 7.05 Å². The second kappa shape index (κ2) is 5.96. The summed E-state index contributed by atoms with van der Waals surface area (Å²) in [6.45, 7) is 2.36. The lowest BCUT2D eigenvalue weighted by Crippen LogP contribution is -2.12. The van der Waals surface area contributed by atoms with E-state index in [2.05, 4.69) is 18.0 Å². The van der Waals surface area contributed by atoms with E-state index in [-0.39, 0.29) is 5.75 Å². The second-order valence-corrected chi connectivity index (χ2v) is 6.72. The highest BCUT2D eigenvalue weighted by atomic mass is 35.5. The molecule has 2 heterocycles. The summed E-state index contributed by atoms with van der Waals surface area (Å²) in [7, 11) is 2.10. The van der Waals surface area contributed by atoms with Gasteiger partial charge in [0.25, 0.3) is 0 Å². The third-order valence-electron chi connectivity index (χ3n) is 4.32. The molecule has 1 aromatic heterocycles. The molecule has 0 aliphatic carbocycles. The number of rotatable bonds is 3. The Hall–Kier alpha value is -2.30. The summed E-state index contributed by atoms with van der Waals surface area (Å²) in [6, 6.07) is 15.2. The van der Waals surface area contributed by atoms with Gasteiger partial charge < -0.3 is 5.11 Å². The van der Waals surface area contributed by atoms with Gasteiger partial charge in [-0.15, -0.1) is 0 Å². The van der Waals surface area contributed by atoms with E-state index in [0.29, 0.717) is 6.54 Å². The molecule has 24 heavy (non-hydrogen) atoms. The maximum Gasteiger partial charge on any atom is 0.115 e. The molecule has 1 aliphatic heterocycles. The molecular formula is C19H18ClN3O. The van der Waals surface area contributed by atoms with Gasteiger partial charge in [-0.3, -0.25) is 9.58 Å². The molecule has 0 saturated carbocycles. The van der Waals surface area contributed by atoms with Crippen molar-refractivity contribution in [3.63, 3.8) is 0 Å². The van der Waals surface area contributed by atoms with E-state index in [0.717, 1.165) is 40.6 Å². The predicted octanol–water partition coefficient (Wildman–Crippen LogP) is 3.90. The number of hydrogen-bond donors (Lipinski definition) is 1. The van der Waals surface area contributed by atoms with Crippen molar-refractivity contribution in [2.45, 2.75) is 19.6 Å². The molecule has 122 valence electrons. The molecule has 1 aliphatic rings. The first-order valence-electron chi connectivity index (χ1n) is 7.91. The Morgan fingerprint density at radius 2 is 1.96 bits per heavy atom. The monoisotopic (exact) mass is 339 g/mol. The van der Waals surface area contributed by atoms with Crippen molar-refractivity contribution in [3.8, 4) is 17.0 Å². The van der Waals surface area contributed by atoms with Crippen molar-refractivity contribution in [3.05, 3.63) is 70.4 Å². The van der Waals surface area contributed by atoms with Crippen LogP contribution in [-0.4, -0.2) is 26.8 Å². The van der Waals surface area contributed by atoms with E-state index in [4.69, 9.17) is 16.7 Å². The minimum Gasteiger partial charge on any atom is -0.508 e. The van der Waals surface area contributed by atoms with E-state index in [1.54, 1.807) is 12.1 Å². The molecule has 4 rings (SSSR count). The van der Waals surface area contributed by atoms with Crippen molar-refractivity contribution in [1.82, 2.24) is 14.7 Å². The predicted molar refractivity (Wildman–Crippen MR) is 95.1 cm³/mol. The highest BCUT2D eigenvalue weighted by molar-refractivity contribution is 6.30. The van der Waals surface area contributed by atoms with Gasteiger partial charge in [0.2, 0.25) is 0 Å². The molecule has 3 aromatic rings. The van der Waals surface area contributed by atoms with Gasteiger partial charge in [0, 0.05) is 29.2 Å². The first kappa shape index (κ1) is 15.2. The number of fused-ring (bicyclic) bond motifs is 1. The average molecular weight is 340 g/mol. The van der Waals surface area contributed by atoms with Gasteiger partial charge in [-0.05, 0) is 36.9 Å². The quantitative estimate of drug-likeness (QED) is 0.786. The molecular weight excluding hydrogens is 322 g/mol. The van der Waals surface area contributed by atoms with Gasteiger partial charge in [0.1, 0.15) is 5.75 Å². The van der Waals surface area contributed by atoms with Crippen LogP contribution >= 0.6 is 11.6 Å². The molecule has 0 fully saturated rings. The minimum atomic E-state index is 0.274. The Kier molecular flexibility index (Phi) is 3.79. The lowest BCUT2D eigenvalue weighted by Gasteiger charge is -2.13. The normalized spacial score (nSPS) is 14.1. The summed E-state index contributed by atoms with van der Waals surface area (Å²) in [5.41, 5.74) is 5.59. The second-order valence-electron chi connectivity index (χ2n) is 6.28. The van der Waals surface area contributed by atoms with Gasteiger partial charge in [-0.25, -0.2) is 0 Å². The van der Waals surface area contributed by atoms with E-state index >= 15 is 0 Å². The van der Waals surface area contributed by atoms with Crippen LogP contribution in [0.3, 0.4) is 0 Å². The first-order chi connectivity index (χ1) is 11.6. The van der Waals surface area contributed by atoms with E-state index < -0.39 is 0 Å². The Morgan fingerprint density at radius 3 is 2.75 bits per heavy atom. The van der Waals surface area contributed by atoms with Crippen molar-refractivity contribution >= 4 is 11.6 Å². The third-order valence-corrected chi connectivity index (χ3v) is 4.56. The first-order valence-corrected chi connectivity index (χ1v) is 8.29. The minimum absolute atomic E-state index is 0.274. The van der Waals surface area contributed by atoms with Crippen LogP contribution in [0.2, 0.25) is 5.02 Å². The molecule has 0 atom stereocenters. The van der Waals surface area contributed by atoms with Gasteiger partial charge in [0.15, 0.2) is 0 Å². The summed E-state index contributed by atoms with van der Waals surface area (Å²) in [5.74, 6) is 0.274. The molecule has 0 amide bonds. The molecule has 0 spiro atoms. The largest absolute Gasteiger partial charge is 0.508 e. The maximum atomic E-state index is 9.71. The number of hydrogen-bond acceptors (Lipinski definition) is 3. The molecule has 5 heteroatoms. The Bertz CT molecular complexity index is 903. The van der Waals surface area contributed by atoms with E-state index in [1.807, 2.05) is 35.0 Å². The van der Waals surface area contributed by atoms with Crippen LogP contribution in [0, 0.1) is 0 Å². The number of phenols is 1. The van der Waals surface area contributed by atoms with Crippen LogP contribution < -0.4 is 0 Å². The number of nitrogens with zero attached hydrogens (tertiary/aromatic N) is 3. The van der Waals surface area contributed by atoms with Gasteiger partial charge in [-0.1, -0.05) is 35.9 Å². The number of benzene rings is 2. The van der Waals surface area contributed by atoms with Crippen molar-refractivity contribution < 1.29 is 5.11 Å². The van der Waals surface area contributed by atoms with Gasteiger partial charge in [-0.2, -0.15) is 5.10 Å². The zero-order valence-electron chi connectivity index (χ0n) is 13.4. The van der Waals surface area contributed by atoms with Crippen LogP contribution in [0.25, 0.3) is 11.3 Å². The fourth-order valence-electron chi connectivity index (χ4n) is 3.32. The fraction of sp³-hybridized carbons (Fsp3) is 0.211. The lowest BCUT2D eigenvalue weighted by molar-refractivity contribution is 0.346.